The van der Waals surface area contributed by atoms with Gasteiger partial charge >= 0.3 is 0 Å². The Labute approximate surface area is 118 Å². The molecule has 0 aromatic heterocycles. The second-order valence-corrected chi connectivity index (χ2v) is 4.53. The fourth-order valence-electron chi connectivity index (χ4n) is 1.92. The van der Waals surface area contributed by atoms with Crippen LogP contribution in [0.3, 0.4) is 0 Å². The minimum Gasteiger partial charge on any atom is -0.487 e. The van der Waals surface area contributed by atoms with Crippen molar-refractivity contribution >= 4 is 0 Å². The summed E-state index contributed by atoms with van der Waals surface area (Å²) in [6, 6.07) is 14.0. The first-order valence-corrected chi connectivity index (χ1v) is 6.49. The van der Waals surface area contributed by atoms with E-state index in [1.54, 1.807) is 31.3 Å². The Morgan fingerprint density at radius 1 is 1.20 bits per heavy atom. The summed E-state index contributed by atoms with van der Waals surface area (Å²) in [5.41, 5.74) is 1.60. The van der Waals surface area contributed by atoms with E-state index in [1.165, 1.54) is 6.07 Å². The van der Waals surface area contributed by atoms with Crippen LogP contribution in [0.15, 0.2) is 48.5 Å². The van der Waals surface area contributed by atoms with Crippen LogP contribution in [0.5, 0.6) is 5.75 Å². The Morgan fingerprint density at radius 3 is 2.60 bits per heavy atom. The average Bonchev–Trinajstić information content (AvgIpc) is 2.47. The molecule has 3 nitrogen and oxygen atoms in total. The van der Waals surface area contributed by atoms with Crippen molar-refractivity contribution in [1.29, 1.82) is 0 Å². The number of benzene rings is 2. The first-order valence-electron chi connectivity index (χ1n) is 6.49. The number of aliphatic hydroxyl groups is 1. The molecule has 0 spiro atoms. The molecule has 0 amide bonds. The highest BCUT2D eigenvalue weighted by Gasteiger charge is 2.10. The van der Waals surface area contributed by atoms with Gasteiger partial charge in [0, 0.05) is 6.54 Å². The molecule has 0 bridgehead atoms. The summed E-state index contributed by atoms with van der Waals surface area (Å²) in [5.74, 6) is -0.266. The van der Waals surface area contributed by atoms with Crippen LogP contribution in [0.2, 0.25) is 0 Å². The van der Waals surface area contributed by atoms with Gasteiger partial charge in [-0.15, -0.1) is 0 Å². The van der Waals surface area contributed by atoms with Gasteiger partial charge in [0.25, 0.3) is 0 Å². The van der Waals surface area contributed by atoms with Gasteiger partial charge in [-0.3, -0.25) is 0 Å². The lowest BCUT2D eigenvalue weighted by molar-refractivity contribution is 0.106. The van der Waals surface area contributed by atoms with Crippen LogP contribution >= 0.6 is 0 Å². The SMILES string of the molecule is CNCc1ccc(OCC(O)c2ccccc2)c(F)c1. The second-order valence-electron chi connectivity index (χ2n) is 4.53. The van der Waals surface area contributed by atoms with Crippen LogP contribution in [0, 0.1) is 5.82 Å². The number of hydrogen-bond donors (Lipinski definition) is 2. The Hall–Kier alpha value is -1.91. The fraction of sp³-hybridized carbons (Fsp3) is 0.250. The van der Waals surface area contributed by atoms with E-state index in [0.29, 0.717) is 6.54 Å². The van der Waals surface area contributed by atoms with E-state index in [1.807, 2.05) is 18.2 Å². The molecular weight excluding hydrogens is 257 g/mol. The van der Waals surface area contributed by atoms with E-state index in [4.69, 9.17) is 4.74 Å². The topological polar surface area (TPSA) is 41.5 Å². The second kappa shape index (κ2) is 7.03. The fourth-order valence-corrected chi connectivity index (χ4v) is 1.92. The van der Waals surface area contributed by atoms with Gasteiger partial charge in [0.15, 0.2) is 11.6 Å². The Morgan fingerprint density at radius 2 is 1.95 bits per heavy atom. The van der Waals surface area contributed by atoms with Crippen molar-refractivity contribution in [1.82, 2.24) is 5.32 Å². The lowest BCUT2D eigenvalue weighted by Crippen LogP contribution is -2.11. The van der Waals surface area contributed by atoms with Gasteiger partial charge in [-0.05, 0) is 30.3 Å². The van der Waals surface area contributed by atoms with Crippen LogP contribution in [-0.2, 0) is 6.54 Å². The normalized spacial score (nSPS) is 12.2. The van der Waals surface area contributed by atoms with Crippen molar-refractivity contribution in [2.75, 3.05) is 13.7 Å². The standard InChI is InChI=1S/C16H18FNO2/c1-18-10-12-7-8-16(14(17)9-12)20-11-15(19)13-5-3-2-4-6-13/h2-9,15,18-19H,10-11H2,1H3. The Bertz CT molecular complexity index is 545. The molecule has 0 aliphatic rings. The van der Waals surface area contributed by atoms with E-state index < -0.39 is 11.9 Å². The van der Waals surface area contributed by atoms with E-state index >= 15 is 0 Å². The first kappa shape index (κ1) is 14.5. The molecule has 4 heteroatoms. The maximum absolute atomic E-state index is 13.8. The molecule has 1 atom stereocenters. The molecule has 0 heterocycles. The average molecular weight is 275 g/mol. The van der Waals surface area contributed by atoms with Gasteiger partial charge in [0.2, 0.25) is 0 Å². The summed E-state index contributed by atoms with van der Waals surface area (Å²) < 4.78 is 19.1. The third kappa shape index (κ3) is 3.79. The highest BCUT2D eigenvalue weighted by Crippen LogP contribution is 2.20. The summed E-state index contributed by atoms with van der Waals surface area (Å²) >= 11 is 0. The maximum atomic E-state index is 13.8. The van der Waals surface area contributed by atoms with Gasteiger partial charge in [-0.2, -0.15) is 0 Å². The zero-order valence-corrected chi connectivity index (χ0v) is 11.3. The lowest BCUT2D eigenvalue weighted by atomic mass is 10.1. The molecule has 0 saturated carbocycles. The number of hydrogen-bond acceptors (Lipinski definition) is 3. The molecule has 0 radical (unpaired) electrons. The van der Waals surface area contributed by atoms with Crippen molar-refractivity contribution in [2.45, 2.75) is 12.6 Å². The molecule has 2 N–H and O–H groups in total. The molecular formula is C16H18FNO2. The monoisotopic (exact) mass is 275 g/mol. The molecule has 0 fully saturated rings. The summed E-state index contributed by atoms with van der Waals surface area (Å²) in [4.78, 5) is 0. The van der Waals surface area contributed by atoms with Crippen LogP contribution < -0.4 is 10.1 Å². The molecule has 0 aliphatic carbocycles. The van der Waals surface area contributed by atoms with Crippen LogP contribution in [0.1, 0.15) is 17.2 Å². The molecule has 20 heavy (non-hydrogen) atoms. The molecule has 0 saturated heterocycles. The number of nitrogens with one attached hydrogen (secondary N) is 1. The molecule has 0 aliphatic heterocycles. The number of rotatable bonds is 6. The van der Waals surface area contributed by atoms with Crippen molar-refractivity contribution in [2.24, 2.45) is 0 Å². The maximum Gasteiger partial charge on any atom is 0.165 e. The Balaban J connectivity index is 1.97. The quantitative estimate of drug-likeness (QED) is 0.851. The van der Waals surface area contributed by atoms with E-state index in [-0.39, 0.29) is 12.4 Å². The van der Waals surface area contributed by atoms with E-state index in [2.05, 4.69) is 5.32 Å². The van der Waals surface area contributed by atoms with Crippen molar-refractivity contribution in [3.05, 3.63) is 65.5 Å². The van der Waals surface area contributed by atoms with E-state index in [9.17, 15) is 9.50 Å². The Kier molecular flexibility index (Phi) is 5.09. The molecule has 1 unspecified atom stereocenters. The highest BCUT2D eigenvalue weighted by molar-refractivity contribution is 5.29. The van der Waals surface area contributed by atoms with Gasteiger partial charge in [-0.1, -0.05) is 36.4 Å². The van der Waals surface area contributed by atoms with Crippen molar-refractivity contribution in [3.63, 3.8) is 0 Å². The van der Waals surface area contributed by atoms with Crippen molar-refractivity contribution in [3.8, 4) is 5.75 Å². The van der Waals surface area contributed by atoms with Crippen molar-refractivity contribution < 1.29 is 14.2 Å². The zero-order valence-electron chi connectivity index (χ0n) is 11.3. The molecule has 2 rings (SSSR count). The van der Waals surface area contributed by atoms with Gasteiger partial charge in [-0.25, -0.2) is 4.39 Å². The highest BCUT2D eigenvalue weighted by atomic mass is 19.1. The molecule has 2 aromatic rings. The minimum absolute atomic E-state index is 0.0201. The zero-order chi connectivity index (χ0) is 14.4. The third-order valence-corrected chi connectivity index (χ3v) is 2.96. The summed E-state index contributed by atoms with van der Waals surface area (Å²) in [7, 11) is 1.80. The van der Waals surface area contributed by atoms with Gasteiger partial charge < -0.3 is 15.2 Å². The van der Waals surface area contributed by atoms with Gasteiger partial charge in [0.1, 0.15) is 12.7 Å². The smallest absolute Gasteiger partial charge is 0.165 e. The lowest BCUT2D eigenvalue weighted by Gasteiger charge is -2.13. The molecule has 2 aromatic carbocycles. The number of ether oxygens (including phenoxy) is 1. The summed E-state index contributed by atoms with van der Waals surface area (Å²) in [5, 5.41) is 12.9. The predicted molar refractivity (Wildman–Crippen MR) is 76.1 cm³/mol. The van der Waals surface area contributed by atoms with Crippen LogP contribution in [-0.4, -0.2) is 18.8 Å². The minimum atomic E-state index is -0.771. The van der Waals surface area contributed by atoms with E-state index in [0.717, 1.165) is 11.1 Å². The summed E-state index contributed by atoms with van der Waals surface area (Å²) in [6.45, 7) is 0.621. The van der Waals surface area contributed by atoms with Gasteiger partial charge in [0.05, 0.1) is 0 Å². The number of halogens is 1. The van der Waals surface area contributed by atoms with Crippen LogP contribution in [0.25, 0.3) is 0 Å². The summed E-state index contributed by atoms with van der Waals surface area (Å²) in [6.07, 6.45) is -0.771. The number of aliphatic hydroxyl groups excluding tert-OH is 1. The predicted octanol–water partition coefficient (Wildman–Crippen LogP) is 2.66. The largest absolute Gasteiger partial charge is 0.487 e. The molecule has 106 valence electrons. The first-order chi connectivity index (χ1) is 9.70. The van der Waals surface area contributed by atoms with Crippen LogP contribution in [0.4, 0.5) is 4.39 Å². The third-order valence-electron chi connectivity index (χ3n) is 2.96.